The van der Waals surface area contributed by atoms with Gasteiger partial charge in [0.05, 0.1) is 22.7 Å². The van der Waals surface area contributed by atoms with E-state index in [0.29, 0.717) is 17.4 Å². The van der Waals surface area contributed by atoms with E-state index >= 15 is 0 Å². The highest BCUT2D eigenvalue weighted by Crippen LogP contribution is 2.39. The summed E-state index contributed by atoms with van der Waals surface area (Å²) in [5.41, 5.74) is 1.45. The van der Waals surface area contributed by atoms with Crippen molar-refractivity contribution < 1.29 is 4.74 Å². The molecule has 21 heavy (non-hydrogen) atoms. The summed E-state index contributed by atoms with van der Waals surface area (Å²) in [4.78, 5) is 4.49. The van der Waals surface area contributed by atoms with Crippen LogP contribution in [-0.4, -0.2) is 17.7 Å². The molecule has 1 aliphatic rings. The number of rotatable bonds is 7. The molecule has 0 aromatic carbocycles. The van der Waals surface area contributed by atoms with Crippen LogP contribution in [0.2, 0.25) is 0 Å². The monoisotopic (exact) mass is 329 g/mol. The summed E-state index contributed by atoms with van der Waals surface area (Å²) in [5.74, 6) is 1.32. The standard InChI is InChI=1S/C17H28ClNOS/c1-13-8-15(10-17(2,3)9-13)20-7-5-4-6-16-19-14(11-18)12-21-16/h12-13,15H,4-11H2,1-3H3. The van der Waals surface area contributed by atoms with Gasteiger partial charge in [-0.15, -0.1) is 22.9 Å². The maximum atomic E-state index is 6.12. The lowest BCUT2D eigenvalue weighted by molar-refractivity contribution is -0.0239. The number of aromatic nitrogens is 1. The maximum Gasteiger partial charge on any atom is 0.0928 e. The molecule has 0 radical (unpaired) electrons. The second-order valence-electron chi connectivity index (χ2n) is 7.23. The molecule has 0 spiro atoms. The van der Waals surface area contributed by atoms with Crippen LogP contribution in [0.5, 0.6) is 0 Å². The van der Waals surface area contributed by atoms with Crippen molar-refractivity contribution in [2.24, 2.45) is 11.3 Å². The van der Waals surface area contributed by atoms with Crippen molar-refractivity contribution in [3.8, 4) is 0 Å². The van der Waals surface area contributed by atoms with Crippen molar-refractivity contribution in [2.45, 2.75) is 71.3 Å². The van der Waals surface area contributed by atoms with E-state index in [-0.39, 0.29) is 0 Å². The lowest BCUT2D eigenvalue weighted by Gasteiger charge is -2.38. The molecule has 1 aromatic heterocycles. The number of hydrogen-bond acceptors (Lipinski definition) is 3. The zero-order valence-electron chi connectivity index (χ0n) is 13.5. The van der Waals surface area contributed by atoms with Crippen molar-refractivity contribution >= 4 is 22.9 Å². The van der Waals surface area contributed by atoms with E-state index in [1.54, 1.807) is 11.3 Å². The molecule has 2 unspecified atom stereocenters. The van der Waals surface area contributed by atoms with Gasteiger partial charge in [0.15, 0.2) is 0 Å². The minimum Gasteiger partial charge on any atom is -0.378 e. The summed E-state index contributed by atoms with van der Waals surface area (Å²) in [6, 6.07) is 0. The number of unbranched alkanes of at least 4 members (excludes halogenated alkanes) is 1. The van der Waals surface area contributed by atoms with Gasteiger partial charge in [0.1, 0.15) is 0 Å². The Morgan fingerprint density at radius 2 is 2.19 bits per heavy atom. The van der Waals surface area contributed by atoms with E-state index in [2.05, 4.69) is 31.1 Å². The van der Waals surface area contributed by atoms with Gasteiger partial charge < -0.3 is 4.74 Å². The molecule has 4 heteroatoms. The Hall–Kier alpha value is -0.120. The van der Waals surface area contributed by atoms with Gasteiger partial charge >= 0.3 is 0 Å². The van der Waals surface area contributed by atoms with E-state index in [0.717, 1.165) is 37.5 Å². The summed E-state index contributed by atoms with van der Waals surface area (Å²) in [7, 11) is 0. The van der Waals surface area contributed by atoms with Crippen LogP contribution in [0.25, 0.3) is 0 Å². The number of nitrogens with zero attached hydrogens (tertiary/aromatic N) is 1. The Morgan fingerprint density at radius 1 is 1.38 bits per heavy atom. The van der Waals surface area contributed by atoms with Gasteiger partial charge in [-0.1, -0.05) is 20.8 Å². The minimum absolute atomic E-state index is 0.446. The van der Waals surface area contributed by atoms with E-state index in [1.807, 2.05) is 0 Å². The first-order valence-electron chi connectivity index (χ1n) is 8.09. The highest BCUT2D eigenvalue weighted by molar-refractivity contribution is 7.09. The molecule has 1 aromatic rings. The molecule has 0 amide bonds. The number of halogens is 1. The zero-order chi connectivity index (χ0) is 15.3. The van der Waals surface area contributed by atoms with Crippen LogP contribution >= 0.6 is 22.9 Å². The predicted molar refractivity (Wildman–Crippen MR) is 91.1 cm³/mol. The van der Waals surface area contributed by atoms with Crippen LogP contribution in [0.3, 0.4) is 0 Å². The van der Waals surface area contributed by atoms with Crippen LogP contribution in [-0.2, 0) is 17.0 Å². The quantitative estimate of drug-likeness (QED) is 0.491. The van der Waals surface area contributed by atoms with Gasteiger partial charge in [0, 0.05) is 12.0 Å². The first-order valence-corrected chi connectivity index (χ1v) is 9.51. The van der Waals surface area contributed by atoms with Crippen LogP contribution in [0.4, 0.5) is 0 Å². The largest absolute Gasteiger partial charge is 0.378 e. The first-order chi connectivity index (χ1) is 9.98. The fourth-order valence-corrected chi connectivity index (χ4v) is 4.61. The molecule has 0 saturated heterocycles. The molecule has 120 valence electrons. The van der Waals surface area contributed by atoms with Gasteiger partial charge in [-0.25, -0.2) is 4.98 Å². The molecular weight excluding hydrogens is 302 g/mol. The number of alkyl halides is 1. The van der Waals surface area contributed by atoms with Crippen LogP contribution in [0.15, 0.2) is 5.38 Å². The molecule has 0 bridgehead atoms. The van der Waals surface area contributed by atoms with E-state index in [4.69, 9.17) is 16.3 Å². The topological polar surface area (TPSA) is 22.1 Å². The summed E-state index contributed by atoms with van der Waals surface area (Å²) in [6.07, 6.45) is 7.57. The fourth-order valence-electron chi connectivity index (χ4n) is 3.54. The number of hydrogen-bond donors (Lipinski definition) is 0. The van der Waals surface area contributed by atoms with Gasteiger partial charge in [-0.3, -0.25) is 0 Å². The summed E-state index contributed by atoms with van der Waals surface area (Å²) < 4.78 is 6.12. The molecule has 2 nitrogen and oxygen atoms in total. The first kappa shape index (κ1) is 17.2. The van der Waals surface area contributed by atoms with Crippen molar-refractivity contribution in [1.29, 1.82) is 0 Å². The lowest BCUT2D eigenvalue weighted by atomic mass is 9.71. The highest BCUT2D eigenvalue weighted by Gasteiger charge is 2.32. The second-order valence-corrected chi connectivity index (χ2v) is 8.44. The second kappa shape index (κ2) is 7.94. The Kier molecular flexibility index (Phi) is 6.51. The summed E-state index contributed by atoms with van der Waals surface area (Å²) >= 11 is 7.49. The van der Waals surface area contributed by atoms with Crippen LogP contribution in [0.1, 0.15) is 63.6 Å². The number of ether oxygens (including phenoxy) is 1. The number of thiazole rings is 1. The SMILES string of the molecule is CC1CC(OCCCCc2nc(CCl)cs2)CC(C)(C)C1. The van der Waals surface area contributed by atoms with Gasteiger partial charge in [0.25, 0.3) is 0 Å². The number of aryl methyl sites for hydroxylation is 1. The lowest BCUT2D eigenvalue weighted by Crippen LogP contribution is -2.32. The van der Waals surface area contributed by atoms with Gasteiger partial charge in [0.2, 0.25) is 0 Å². The fraction of sp³-hybridized carbons (Fsp3) is 0.824. The normalized spacial score (nSPS) is 25.1. The Labute approximate surface area is 138 Å². The Balaban J connectivity index is 1.61. The average molecular weight is 330 g/mol. The van der Waals surface area contributed by atoms with E-state index in [1.165, 1.54) is 24.3 Å². The van der Waals surface area contributed by atoms with E-state index < -0.39 is 0 Å². The molecular formula is C17H28ClNOS. The van der Waals surface area contributed by atoms with E-state index in [9.17, 15) is 0 Å². The van der Waals surface area contributed by atoms with Crippen LogP contribution < -0.4 is 0 Å². The minimum atomic E-state index is 0.446. The molecule has 1 saturated carbocycles. The molecule has 2 atom stereocenters. The molecule has 1 fully saturated rings. The molecule has 1 heterocycles. The van der Waals surface area contributed by atoms with Gasteiger partial charge in [-0.05, 0) is 49.9 Å². The smallest absolute Gasteiger partial charge is 0.0928 e. The van der Waals surface area contributed by atoms with Crippen LogP contribution in [0, 0.1) is 11.3 Å². The maximum absolute atomic E-state index is 6.12. The zero-order valence-corrected chi connectivity index (χ0v) is 15.1. The molecule has 1 aliphatic carbocycles. The summed E-state index contributed by atoms with van der Waals surface area (Å²) in [5, 5.41) is 3.27. The van der Waals surface area contributed by atoms with Crippen molar-refractivity contribution in [1.82, 2.24) is 4.98 Å². The Morgan fingerprint density at radius 3 is 2.86 bits per heavy atom. The predicted octanol–water partition coefficient (Wildman–Crippen LogP) is 5.44. The third kappa shape index (κ3) is 5.88. The average Bonchev–Trinajstić information content (AvgIpc) is 2.84. The molecule has 0 N–H and O–H groups in total. The van der Waals surface area contributed by atoms with Crippen molar-refractivity contribution in [3.63, 3.8) is 0 Å². The third-order valence-corrected chi connectivity index (χ3v) is 5.45. The Bertz CT molecular complexity index is 432. The highest BCUT2D eigenvalue weighted by atomic mass is 35.5. The molecule has 0 aliphatic heterocycles. The van der Waals surface area contributed by atoms with Crippen molar-refractivity contribution in [3.05, 3.63) is 16.1 Å². The van der Waals surface area contributed by atoms with Gasteiger partial charge in [-0.2, -0.15) is 0 Å². The third-order valence-electron chi connectivity index (χ3n) is 4.22. The van der Waals surface area contributed by atoms with Crippen molar-refractivity contribution in [2.75, 3.05) is 6.61 Å². The summed E-state index contributed by atoms with van der Waals surface area (Å²) in [6.45, 7) is 7.99. The molecule has 2 rings (SSSR count).